The molecule has 1 saturated carbocycles. The Morgan fingerprint density at radius 2 is 2.31 bits per heavy atom. The summed E-state index contributed by atoms with van der Waals surface area (Å²) in [6.45, 7) is 1.90. The second kappa shape index (κ2) is 4.79. The Bertz CT molecular complexity index is 393. The molecule has 1 aromatic heterocycles. The van der Waals surface area contributed by atoms with Crippen molar-refractivity contribution in [3.05, 3.63) is 36.3 Å². The number of carbonyl (C=O) groups is 1. The van der Waals surface area contributed by atoms with E-state index >= 15 is 0 Å². The van der Waals surface area contributed by atoms with Gasteiger partial charge in [0.05, 0.1) is 11.9 Å². The number of urea groups is 1. The molecule has 4 nitrogen and oxygen atoms in total. The minimum absolute atomic E-state index is 0.234. The highest BCUT2D eigenvalue weighted by Gasteiger charge is 2.16. The van der Waals surface area contributed by atoms with Crippen LogP contribution in [0.4, 0.5) is 10.5 Å². The van der Waals surface area contributed by atoms with Crippen LogP contribution in [-0.4, -0.2) is 11.0 Å². The van der Waals surface area contributed by atoms with Gasteiger partial charge < -0.3 is 10.6 Å². The average molecular weight is 217 g/mol. The molecule has 16 heavy (non-hydrogen) atoms. The Morgan fingerprint density at radius 1 is 1.50 bits per heavy atom. The van der Waals surface area contributed by atoms with Crippen LogP contribution in [0.3, 0.4) is 0 Å². The first-order valence-electron chi connectivity index (χ1n) is 5.41. The molecule has 0 aliphatic heterocycles. The number of pyridine rings is 1. The first-order chi connectivity index (χ1) is 7.74. The second-order valence-electron chi connectivity index (χ2n) is 3.98. The van der Waals surface area contributed by atoms with Gasteiger partial charge in [-0.1, -0.05) is 6.08 Å². The van der Waals surface area contributed by atoms with E-state index in [1.54, 1.807) is 12.4 Å². The molecule has 1 aliphatic carbocycles. The van der Waals surface area contributed by atoms with E-state index in [0.717, 1.165) is 5.69 Å². The van der Waals surface area contributed by atoms with Crippen LogP contribution >= 0.6 is 0 Å². The minimum atomic E-state index is -0.234. The van der Waals surface area contributed by atoms with Crippen LogP contribution < -0.4 is 10.6 Å². The van der Waals surface area contributed by atoms with Crippen molar-refractivity contribution in [1.29, 1.82) is 0 Å². The smallest absolute Gasteiger partial charge is 0.315 e. The monoisotopic (exact) mass is 217 g/mol. The summed E-state index contributed by atoms with van der Waals surface area (Å²) in [6.07, 6.45) is 7.84. The molecule has 84 valence electrons. The molecule has 0 unspecified atom stereocenters. The fourth-order valence-electron chi connectivity index (χ4n) is 1.26. The van der Waals surface area contributed by atoms with Gasteiger partial charge >= 0.3 is 6.03 Å². The van der Waals surface area contributed by atoms with Gasteiger partial charge in [0, 0.05) is 11.9 Å². The van der Waals surface area contributed by atoms with E-state index < -0.39 is 0 Å². The normalized spacial score (nSPS) is 15.1. The van der Waals surface area contributed by atoms with Crippen LogP contribution in [0.15, 0.2) is 30.6 Å². The summed E-state index contributed by atoms with van der Waals surface area (Å²) in [4.78, 5) is 15.5. The Kier molecular flexibility index (Phi) is 3.19. The zero-order chi connectivity index (χ0) is 11.4. The number of nitrogens with zero attached hydrogens (tertiary/aromatic N) is 1. The maximum Gasteiger partial charge on any atom is 0.323 e. The van der Waals surface area contributed by atoms with Gasteiger partial charge in [-0.3, -0.25) is 4.98 Å². The molecule has 2 rings (SSSR count). The second-order valence-corrected chi connectivity index (χ2v) is 3.98. The van der Waals surface area contributed by atoms with Gasteiger partial charge in [-0.2, -0.15) is 0 Å². The fraction of sp³-hybridized carbons (Fsp3) is 0.333. The van der Waals surface area contributed by atoms with E-state index in [4.69, 9.17) is 0 Å². The Balaban J connectivity index is 1.79. The van der Waals surface area contributed by atoms with Gasteiger partial charge in [-0.25, -0.2) is 4.79 Å². The van der Waals surface area contributed by atoms with Crippen molar-refractivity contribution in [2.75, 3.05) is 5.32 Å². The number of anilines is 1. The van der Waals surface area contributed by atoms with Crippen molar-refractivity contribution in [1.82, 2.24) is 10.3 Å². The number of hydrogen-bond acceptors (Lipinski definition) is 2. The van der Waals surface area contributed by atoms with Gasteiger partial charge in [0.2, 0.25) is 0 Å². The maximum absolute atomic E-state index is 11.4. The van der Waals surface area contributed by atoms with Crippen molar-refractivity contribution in [2.24, 2.45) is 5.92 Å². The number of carbonyl (C=O) groups excluding carboxylic acids is 1. The highest BCUT2D eigenvalue weighted by atomic mass is 16.2. The zero-order valence-corrected chi connectivity index (χ0v) is 9.23. The number of hydrogen-bond donors (Lipinski definition) is 2. The van der Waals surface area contributed by atoms with E-state index in [9.17, 15) is 4.79 Å². The molecular formula is C12H15N3O. The van der Waals surface area contributed by atoms with Crippen LogP contribution in [0.1, 0.15) is 18.5 Å². The standard InChI is InChI=1S/C12H15N3O/c1-9-2-5-11(8-14-9)15-12(16)13-7-6-10-3-4-10/h2,5-8,10H,3-4H2,1H3,(H2,13,15,16)/b7-6+. The van der Waals surface area contributed by atoms with Gasteiger partial charge in [-0.15, -0.1) is 0 Å². The lowest BCUT2D eigenvalue weighted by atomic mass is 10.3. The fourth-order valence-corrected chi connectivity index (χ4v) is 1.26. The quantitative estimate of drug-likeness (QED) is 0.817. The molecule has 0 spiro atoms. The van der Waals surface area contributed by atoms with Crippen LogP contribution in [0.2, 0.25) is 0 Å². The first-order valence-corrected chi connectivity index (χ1v) is 5.41. The highest BCUT2D eigenvalue weighted by molar-refractivity contribution is 5.89. The Hall–Kier alpha value is -1.84. The van der Waals surface area contributed by atoms with Crippen molar-refractivity contribution in [2.45, 2.75) is 19.8 Å². The highest BCUT2D eigenvalue weighted by Crippen LogP contribution is 2.29. The zero-order valence-electron chi connectivity index (χ0n) is 9.23. The predicted molar refractivity (Wildman–Crippen MR) is 63.0 cm³/mol. The molecule has 0 radical (unpaired) electrons. The number of aromatic nitrogens is 1. The molecule has 0 bridgehead atoms. The third-order valence-corrected chi connectivity index (χ3v) is 2.37. The Morgan fingerprint density at radius 3 is 2.94 bits per heavy atom. The summed E-state index contributed by atoms with van der Waals surface area (Å²) in [5.41, 5.74) is 1.63. The van der Waals surface area contributed by atoms with E-state index in [2.05, 4.69) is 15.6 Å². The third-order valence-electron chi connectivity index (χ3n) is 2.37. The van der Waals surface area contributed by atoms with Crippen LogP contribution in [0, 0.1) is 12.8 Å². The van der Waals surface area contributed by atoms with Crippen LogP contribution in [0.25, 0.3) is 0 Å². The van der Waals surface area contributed by atoms with E-state index in [1.165, 1.54) is 12.8 Å². The molecular weight excluding hydrogens is 202 g/mol. The summed E-state index contributed by atoms with van der Waals surface area (Å²) in [6, 6.07) is 3.45. The SMILES string of the molecule is Cc1ccc(NC(=O)N/C=C/C2CC2)cn1. The lowest BCUT2D eigenvalue weighted by Crippen LogP contribution is -2.23. The summed E-state index contributed by atoms with van der Waals surface area (Å²) in [7, 11) is 0. The van der Waals surface area contributed by atoms with Gasteiger partial charge in [0.1, 0.15) is 0 Å². The van der Waals surface area contributed by atoms with Crippen LogP contribution in [-0.2, 0) is 0 Å². The molecule has 4 heteroatoms. The van der Waals surface area contributed by atoms with E-state index in [0.29, 0.717) is 11.6 Å². The molecule has 1 aliphatic rings. The summed E-state index contributed by atoms with van der Waals surface area (Å²) < 4.78 is 0. The number of nitrogens with one attached hydrogen (secondary N) is 2. The van der Waals surface area contributed by atoms with Gasteiger partial charge in [-0.05, 0) is 37.8 Å². The number of amides is 2. The molecule has 1 fully saturated rings. The molecule has 1 heterocycles. The molecule has 0 aromatic carbocycles. The van der Waals surface area contributed by atoms with E-state index in [-0.39, 0.29) is 6.03 Å². The lowest BCUT2D eigenvalue weighted by molar-refractivity contribution is 0.255. The van der Waals surface area contributed by atoms with Crippen molar-refractivity contribution in [3.8, 4) is 0 Å². The lowest BCUT2D eigenvalue weighted by Gasteiger charge is -2.03. The summed E-state index contributed by atoms with van der Waals surface area (Å²) in [5.74, 6) is 0.668. The number of allylic oxidation sites excluding steroid dienone is 1. The largest absolute Gasteiger partial charge is 0.323 e. The topological polar surface area (TPSA) is 54.0 Å². The summed E-state index contributed by atoms with van der Waals surface area (Å²) in [5, 5.41) is 5.36. The van der Waals surface area contributed by atoms with Crippen molar-refractivity contribution >= 4 is 11.7 Å². The van der Waals surface area contributed by atoms with Gasteiger partial charge in [0.25, 0.3) is 0 Å². The Labute approximate surface area is 94.8 Å². The molecule has 0 saturated heterocycles. The van der Waals surface area contributed by atoms with Gasteiger partial charge in [0.15, 0.2) is 0 Å². The summed E-state index contributed by atoms with van der Waals surface area (Å²) >= 11 is 0. The average Bonchev–Trinajstić information content (AvgIpc) is 3.05. The van der Waals surface area contributed by atoms with E-state index in [1.807, 2.05) is 25.1 Å². The number of aryl methyl sites for hydroxylation is 1. The van der Waals surface area contributed by atoms with Crippen LogP contribution in [0.5, 0.6) is 0 Å². The predicted octanol–water partition coefficient (Wildman–Crippen LogP) is 2.44. The first kappa shape index (κ1) is 10.7. The molecule has 2 amide bonds. The third kappa shape index (κ3) is 3.38. The number of rotatable bonds is 3. The molecule has 0 atom stereocenters. The minimum Gasteiger partial charge on any atom is -0.315 e. The van der Waals surface area contributed by atoms with Crippen molar-refractivity contribution in [3.63, 3.8) is 0 Å². The molecule has 1 aromatic rings. The van der Waals surface area contributed by atoms with Crippen molar-refractivity contribution < 1.29 is 4.79 Å². The maximum atomic E-state index is 11.4. The molecule has 2 N–H and O–H groups in total.